The van der Waals surface area contributed by atoms with Gasteiger partial charge in [-0.3, -0.25) is 0 Å². The Morgan fingerprint density at radius 2 is 1.46 bits per heavy atom. The average Bonchev–Trinajstić information content (AvgIpc) is 2.56. The number of pyridine rings is 2. The highest BCUT2D eigenvalue weighted by molar-refractivity contribution is 5.99. The highest BCUT2D eigenvalue weighted by Gasteiger charge is 2.16. The topological polar surface area (TPSA) is 13.3 Å². The lowest BCUT2D eigenvalue weighted by molar-refractivity contribution is -0.516. The van der Waals surface area contributed by atoms with Gasteiger partial charge in [0.1, 0.15) is 5.75 Å². The zero-order valence-corrected chi connectivity index (χ0v) is 14.9. The monoisotopic (exact) mass is 316 g/mol. The Bertz CT molecular complexity index is 1130. The number of hydrogen-bond donors (Lipinski definition) is 0. The van der Waals surface area contributed by atoms with Gasteiger partial charge in [-0.05, 0) is 66.4 Å². The maximum Gasteiger partial charge on any atom is 0.219 e. The van der Waals surface area contributed by atoms with Crippen molar-refractivity contribution < 1.29 is 9.14 Å². The molecule has 0 amide bonds. The number of methoxy groups -OCH3 is 1. The van der Waals surface area contributed by atoms with E-state index < -0.39 is 0 Å². The third-order valence-electron chi connectivity index (χ3n) is 5.21. The molecule has 0 aliphatic heterocycles. The van der Waals surface area contributed by atoms with E-state index in [2.05, 4.69) is 74.7 Å². The minimum absolute atomic E-state index is 0.938. The second-order valence-corrected chi connectivity index (χ2v) is 6.73. The van der Waals surface area contributed by atoms with Gasteiger partial charge in [0.05, 0.1) is 12.5 Å². The lowest BCUT2D eigenvalue weighted by Gasteiger charge is -2.09. The van der Waals surface area contributed by atoms with Crippen LogP contribution in [0.1, 0.15) is 22.4 Å². The van der Waals surface area contributed by atoms with Gasteiger partial charge in [-0.1, -0.05) is 6.07 Å². The first-order valence-electron chi connectivity index (χ1n) is 8.33. The molecule has 0 aliphatic carbocycles. The molecule has 0 bridgehead atoms. The lowest BCUT2D eigenvalue weighted by Crippen LogP contribution is -2.25. The van der Waals surface area contributed by atoms with Crippen molar-refractivity contribution in [2.75, 3.05) is 7.11 Å². The molecule has 0 radical (unpaired) electrons. The summed E-state index contributed by atoms with van der Waals surface area (Å²) >= 11 is 0. The molecule has 2 aromatic heterocycles. The molecule has 0 N–H and O–H groups in total. The maximum atomic E-state index is 5.55. The largest absolute Gasteiger partial charge is 0.496 e. The Morgan fingerprint density at radius 3 is 2.21 bits per heavy atom. The highest BCUT2D eigenvalue weighted by Crippen LogP contribution is 2.29. The van der Waals surface area contributed by atoms with Crippen LogP contribution in [0, 0.1) is 27.7 Å². The average molecular weight is 316 g/mol. The van der Waals surface area contributed by atoms with E-state index in [0.717, 1.165) is 5.75 Å². The van der Waals surface area contributed by atoms with Gasteiger partial charge in [-0.15, -0.1) is 0 Å². The van der Waals surface area contributed by atoms with Crippen molar-refractivity contribution >= 4 is 27.1 Å². The molecular formula is C22H22NO+. The van der Waals surface area contributed by atoms with E-state index in [9.17, 15) is 0 Å². The molecule has 0 atom stereocenters. The SMILES string of the molecule is COc1cc2c(cc[n+]3c(C)c4cc(C)c(C)cc4cc23)cc1C. The molecule has 120 valence electrons. The van der Waals surface area contributed by atoms with Crippen LogP contribution in [0.2, 0.25) is 0 Å². The fraction of sp³-hybridized carbons (Fsp3) is 0.227. The minimum Gasteiger partial charge on any atom is -0.496 e. The number of aromatic nitrogens is 1. The number of nitrogens with zero attached hydrogens (tertiary/aromatic N) is 1. The standard InChI is InChI=1S/C22H22NO/c1-13-8-18-11-21-20-12-22(24-5)15(3)9-17(20)6-7-23(21)16(4)19(18)10-14(13)2/h6-12H,1-5H3/q+1. The van der Waals surface area contributed by atoms with Crippen LogP contribution in [-0.4, -0.2) is 7.11 Å². The summed E-state index contributed by atoms with van der Waals surface area (Å²) in [5, 5.41) is 5.08. The van der Waals surface area contributed by atoms with E-state index in [0.29, 0.717) is 0 Å². The van der Waals surface area contributed by atoms with Crippen LogP contribution in [0.3, 0.4) is 0 Å². The molecular weight excluding hydrogens is 294 g/mol. The number of rotatable bonds is 1. The summed E-state index contributed by atoms with van der Waals surface area (Å²) in [6, 6.07) is 13.4. The predicted molar refractivity (Wildman–Crippen MR) is 100 cm³/mol. The Morgan fingerprint density at radius 1 is 0.750 bits per heavy atom. The molecule has 4 aromatic rings. The van der Waals surface area contributed by atoms with Crippen molar-refractivity contribution in [2.45, 2.75) is 27.7 Å². The summed E-state index contributed by atoms with van der Waals surface area (Å²) in [4.78, 5) is 0. The fourth-order valence-corrected chi connectivity index (χ4v) is 3.64. The van der Waals surface area contributed by atoms with E-state index in [1.807, 2.05) is 0 Å². The van der Waals surface area contributed by atoms with Gasteiger partial charge in [-0.2, -0.15) is 4.40 Å². The summed E-state index contributed by atoms with van der Waals surface area (Å²) in [5.74, 6) is 0.938. The van der Waals surface area contributed by atoms with Crippen LogP contribution in [0.4, 0.5) is 0 Å². The van der Waals surface area contributed by atoms with Gasteiger partial charge in [-0.25, -0.2) is 0 Å². The molecule has 2 heterocycles. The molecule has 2 aromatic carbocycles. The van der Waals surface area contributed by atoms with Gasteiger partial charge in [0.2, 0.25) is 5.52 Å². The molecule has 0 fully saturated rings. The predicted octanol–water partition coefficient (Wildman–Crippen LogP) is 4.97. The van der Waals surface area contributed by atoms with E-state index in [-0.39, 0.29) is 0 Å². The first-order valence-corrected chi connectivity index (χ1v) is 8.33. The number of aryl methyl sites for hydroxylation is 4. The maximum absolute atomic E-state index is 5.55. The molecule has 0 unspecified atom stereocenters. The molecule has 24 heavy (non-hydrogen) atoms. The van der Waals surface area contributed by atoms with Gasteiger partial charge in [0.25, 0.3) is 0 Å². The second-order valence-electron chi connectivity index (χ2n) is 6.73. The van der Waals surface area contributed by atoms with Crippen molar-refractivity contribution in [1.29, 1.82) is 0 Å². The molecule has 0 saturated carbocycles. The summed E-state index contributed by atoms with van der Waals surface area (Å²) in [6.07, 6.45) is 2.17. The molecule has 4 rings (SSSR count). The fourth-order valence-electron chi connectivity index (χ4n) is 3.64. The number of hydrogen-bond acceptors (Lipinski definition) is 1. The number of benzene rings is 2. The van der Waals surface area contributed by atoms with Crippen LogP contribution in [-0.2, 0) is 0 Å². The summed E-state index contributed by atoms with van der Waals surface area (Å²) in [5.41, 5.74) is 6.33. The summed E-state index contributed by atoms with van der Waals surface area (Å²) in [7, 11) is 1.74. The van der Waals surface area contributed by atoms with Crippen LogP contribution >= 0.6 is 0 Å². The normalized spacial score (nSPS) is 11.5. The summed E-state index contributed by atoms with van der Waals surface area (Å²) in [6.45, 7) is 8.64. The van der Waals surface area contributed by atoms with E-state index in [4.69, 9.17) is 4.74 Å². The quantitative estimate of drug-likeness (QED) is 0.274. The van der Waals surface area contributed by atoms with Gasteiger partial charge >= 0.3 is 0 Å². The van der Waals surface area contributed by atoms with E-state index >= 15 is 0 Å². The van der Waals surface area contributed by atoms with E-state index in [1.165, 1.54) is 49.4 Å². The molecule has 2 heteroatoms. The Labute approximate surface area is 142 Å². The highest BCUT2D eigenvalue weighted by atomic mass is 16.5. The smallest absolute Gasteiger partial charge is 0.219 e. The van der Waals surface area contributed by atoms with Crippen molar-refractivity contribution in [3.05, 3.63) is 65.0 Å². The van der Waals surface area contributed by atoms with Gasteiger partial charge in [0, 0.05) is 24.4 Å². The summed E-state index contributed by atoms with van der Waals surface area (Å²) < 4.78 is 7.83. The van der Waals surface area contributed by atoms with Crippen LogP contribution in [0.5, 0.6) is 5.75 Å². The third-order valence-corrected chi connectivity index (χ3v) is 5.21. The Balaban J connectivity index is 2.21. The molecule has 0 aliphatic rings. The van der Waals surface area contributed by atoms with Crippen molar-refractivity contribution in [3.63, 3.8) is 0 Å². The van der Waals surface area contributed by atoms with Crippen molar-refractivity contribution in [2.24, 2.45) is 0 Å². The van der Waals surface area contributed by atoms with Crippen LogP contribution in [0.15, 0.2) is 42.6 Å². The van der Waals surface area contributed by atoms with Crippen LogP contribution < -0.4 is 9.14 Å². The molecule has 2 nitrogen and oxygen atoms in total. The van der Waals surface area contributed by atoms with Crippen molar-refractivity contribution in [1.82, 2.24) is 0 Å². The molecule has 0 saturated heterocycles. The minimum atomic E-state index is 0.938. The first kappa shape index (κ1) is 14.9. The van der Waals surface area contributed by atoms with Crippen molar-refractivity contribution in [3.8, 4) is 5.75 Å². The lowest BCUT2D eigenvalue weighted by atomic mass is 9.99. The van der Waals surface area contributed by atoms with E-state index in [1.54, 1.807) is 7.11 Å². The van der Waals surface area contributed by atoms with Crippen LogP contribution in [0.25, 0.3) is 27.1 Å². The first-order chi connectivity index (χ1) is 11.5. The zero-order valence-electron chi connectivity index (χ0n) is 14.9. The van der Waals surface area contributed by atoms with Gasteiger partial charge in [0.15, 0.2) is 11.9 Å². The molecule has 0 spiro atoms. The van der Waals surface area contributed by atoms with Gasteiger partial charge < -0.3 is 4.74 Å². The zero-order chi connectivity index (χ0) is 17.0. The number of fused-ring (bicyclic) bond motifs is 4. The second kappa shape index (κ2) is 5.20. The Hall–Kier alpha value is -2.61. The third kappa shape index (κ3) is 2.06. The Kier molecular flexibility index (Phi) is 3.24. The number of ether oxygens (including phenoxy) is 1.